The Morgan fingerprint density at radius 3 is 2.94 bits per heavy atom. The minimum Gasteiger partial charge on any atom is -0.481 e. The molecule has 0 spiro atoms. The Hall–Kier alpha value is -2.24. The molecule has 0 atom stereocenters. The maximum absolute atomic E-state index is 10.4. The lowest BCUT2D eigenvalue weighted by atomic mass is 10.2. The van der Waals surface area contributed by atoms with Gasteiger partial charge in [-0.1, -0.05) is 0 Å². The van der Waals surface area contributed by atoms with Gasteiger partial charge in [-0.3, -0.25) is 9.78 Å². The van der Waals surface area contributed by atoms with E-state index < -0.39 is 5.97 Å². The van der Waals surface area contributed by atoms with E-state index in [9.17, 15) is 4.79 Å². The summed E-state index contributed by atoms with van der Waals surface area (Å²) in [6.07, 6.45) is 3.57. The summed E-state index contributed by atoms with van der Waals surface area (Å²) in [5.74, 6) is -0.201. The van der Waals surface area contributed by atoms with Gasteiger partial charge in [-0.2, -0.15) is 0 Å². The maximum atomic E-state index is 10.4. The highest BCUT2D eigenvalue weighted by atomic mass is 16.4. The molecule has 6 heteroatoms. The fourth-order valence-electron chi connectivity index (χ4n) is 1.36. The summed E-state index contributed by atoms with van der Waals surface area (Å²) in [7, 11) is 0. The normalized spacial score (nSPS) is 10.4. The van der Waals surface area contributed by atoms with Crippen LogP contribution in [0.2, 0.25) is 0 Å². The van der Waals surface area contributed by atoms with E-state index in [-0.39, 0.29) is 12.8 Å². The van der Waals surface area contributed by atoms with Crippen LogP contribution in [-0.4, -0.2) is 26.3 Å². The van der Waals surface area contributed by atoms with Gasteiger partial charge in [-0.25, -0.2) is 0 Å². The Labute approximate surface area is 97.3 Å². The van der Waals surface area contributed by atoms with E-state index in [0.717, 1.165) is 11.1 Å². The van der Waals surface area contributed by atoms with Crippen LogP contribution in [0.5, 0.6) is 0 Å². The van der Waals surface area contributed by atoms with Gasteiger partial charge < -0.3 is 9.52 Å². The first-order chi connectivity index (χ1) is 8.15. The summed E-state index contributed by atoms with van der Waals surface area (Å²) in [6, 6.07) is 1.88. The number of carboxylic acids is 1. The van der Waals surface area contributed by atoms with Crippen molar-refractivity contribution in [2.75, 3.05) is 0 Å². The zero-order valence-electron chi connectivity index (χ0n) is 9.25. The highest BCUT2D eigenvalue weighted by Gasteiger charge is 2.10. The van der Waals surface area contributed by atoms with Crippen LogP contribution in [0, 0.1) is 6.92 Å². The quantitative estimate of drug-likeness (QED) is 0.859. The van der Waals surface area contributed by atoms with Crippen LogP contribution in [0.25, 0.3) is 11.5 Å². The summed E-state index contributed by atoms with van der Waals surface area (Å²) in [5, 5.41) is 16.2. The van der Waals surface area contributed by atoms with Crippen LogP contribution in [0.15, 0.2) is 22.9 Å². The van der Waals surface area contributed by atoms with Gasteiger partial charge in [0.25, 0.3) is 0 Å². The monoisotopic (exact) mass is 233 g/mol. The van der Waals surface area contributed by atoms with E-state index in [4.69, 9.17) is 9.52 Å². The summed E-state index contributed by atoms with van der Waals surface area (Å²) in [4.78, 5) is 14.4. The second-order valence-corrected chi connectivity index (χ2v) is 3.65. The van der Waals surface area contributed by atoms with Crippen molar-refractivity contribution in [2.24, 2.45) is 0 Å². The molecular formula is C11H11N3O3. The molecule has 6 nitrogen and oxygen atoms in total. The Morgan fingerprint density at radius 1 is 1.41 bits per heavy atom. The van der Waals surface area contributed by atoms with Crippen molar-refractivity contribution in [3.05, 3.63) is 29.9 Å². The van der Waals surface area contributed by atoms with Crippen molar-refractivity contribution in [1.29, 1.82) is 0 Å². The third-order valence-corrected chi connectivity index (χ3v) is 2.14. The standard InChI is InChI=1S/C11H11N3O3/c1-7-4-8(6-12-5-7)11-14-13-9(17-11)2-3-10(15)16/h4-6H,2-3H2,1H3,(H,15,16). The molecule has 0 unspecified atom stereocenters. The number of carbonyl (C=O) groups is 1. The van der Waals surface area contributed by atoms with Crippen LogP contribution >= 0.6 is 0 Å². The fourth-order valence-corrected chi connectivity index (χ4v) is 1.36. The molecule has 2 heterocycles. The van der Waals surface area contributed by atoms with E-state index in [1.165, 1.54) is 0 Å². The molecule has 0 aliphatic carbocycles. The van der Waals surface area contributed by atoms with E-state index >= 15 is 0 Å². The Morgan fingerprint density at radius 2 is 2.24 bits per heavy atom. The van der Waals surface area contributed by atoms with Crippen LogP contribution in [0.3, 0.4) is 0 Å². The summed E-state index contributed by atoms with van der Waals surface area (Å²) < 4.78 is 5.35. The molecule has 0 fully saturated rings. The molecule has 0 bridgehead atoms. The SMILES string of the molecule is Cc1cncc(-c2nnc(CCC(=O)O)o2)c1. The first-order valence-corrected chi connectivity index (χ1v) is 5.11. The molecule has 88 valence electrons. The second kappa shape index (κ2) is 4.73. The smallest absolute Gasteiger partial charge is 0.303 e. The fraction of sp³-hybridized carbons (Fsp3) is 0.273. The van der Waals surface area contributed by atoms with Gasteiger partial charge in [0.05, 0.1) is 12.0 Å². The van der Waals surface area contributed by atoms with E-state index in [1.807, 2.05) is 13.0 Å². The van der Waals surface area contributed by atoms with Crippen LogP contribution in [-0.2, 0) is 11.2 Å². The molecule has 0 saturated heterocycles. The third-order valence-electron chi connectivity index (χ3n) is 2.14. The van der Waals surface area contributed by atoms with Gasteiger partial charge >= 0.3 is 5.97 Å². The predicted octanol–water partition coefficient (Wildman–Crippen LogP) is 1.46. The number of aromatic nitrogens is 3. The van der Waals surface area contributed by atoms with E-state index in [2.05, 4.69) is 15.2 Å². The zero-order chi connectivity index (χ0) is 12.3. The van der Waals surface area contributed by atoms with Gasteiger partial charge in [-0.05, 0) is 18.6 Å². The topological polar surface area (TPSA) is 89.1 Å². The van der Waals surface area contributed by atoms with Crippen LogP contribution < -0.4 is 0 Å². The number of pyridine rings is 1. The lowest BCUT2D eigenvalue weighted by Gasteiger charge is -1.95. The van der Waals surface area contributed by atoms with Crippen molar-refractivity contribution in [2.45, 2.75) is 19.8 Å². The number of nitrogens with zero attached hydrogens (tertiary/aromatic N) is 3. The number of hydrogen-bond acceptors (Lipinski definition) is 5. The number of hydrogen-bond donors (Lipinski definition) is 1. The average Bonchev–Trinajstić information content (AvgIpc) is 2.75. The van der Waals surface area contributed by atoms with Crippen molar-refractivity contribution in [3.8, 4) is 11.5 Å². The van der Waals surface area contributed by atoms with Crippen LogP contribution in [0.4, 0.5) is 0 Å². The lowest BCUT2D eigenvalue weighted by molar-refractivity contribution is -0.137. The van der Waals surface area contributed by atoms with Gasteiger partial charge in [0.1, 0.15) is 0 Å². The average molecular weight is 233 g/mol. The van der Waals surface area contributed by atoms with Crippen LogP contribution in [0.1, 0.15) is 17.9 Å². The van der Waals surface area contributed by atoms with Crippen molar-refractivity contribution in [1.82, 2.24) is 15.2 Å². The van der Waals surface area contributed by atoms with E-state index in [0.29, 0.717) is 11.8 Å². The Kier molecular flexibility index (Phi) is 3.13. The molecule has 17 heavy (non-hydrogen) atoms. The molecule has 0 aliphatic rings. The number of rotatable bonds is 4. The molecular weight excluding hydrogens is 222 g/mol. The third kappa shape index (κ3) is 2.87. The molecule has 1 N–H and O–H groups in total. The Bertz CT molecular complexity index is 536. The van der Waals surface area contributed by atoms with Gasteiger partial charge in [0.15, 0.2) is 0 Å². The molecule has 0 aromatic carbocycles. The van der Waals surface area contributed by atoms with E-state index in [1.54, 1.807) is 12.4 Å². The summed E-state index contributed by atoms with van der Waals surface area (Å²) >= 11 is 0. The minimum atomic E-state index is -0.887. The highest BCUT2D eigenvalue weighted by molar-refractivity contribution is 5.66. The summed E-state index contributed by atoms with van der Waals surface area (Å²) in [6.45, 7) is 1.91. The van der Waals surface area contributed by atoms with Crippen molar-refractivity contribution < 1.29 is 14.3 Å². The van der Waals surface area contributed by atoms with Gasteiger partial charge in [0, 0.05) is 18.8 Å². The first kappa shape index (κ1) is 11.3. The molecule has 0 radical (unpaired) electrons. The first-order valence-electron chi connectivity index (χ1n) is 5.11. The number of carboxylic acid groups (broad SMARTS) is 1. The molecule has 2 aromatic heterocycles. The largest absolute Gasteiger partial charge is 0.481 e. The second-order valence-electron chi connectivity index (χ2n) is 3.65. The maximum Gasteiger partial charge on any atom is 0.303 e. The predicted molar refractivity (Wildman–Crippen MR) is 58.2 cm³/mol. The van der Waals surface area contributed by atoms with Gasteiger partial charge in [0.2, 0.25) is 11.8 Å². The van der Waals surface area contributed by atoms with Crippen molar-refractivity contribution in [3.63, 3.8) is 0 Å². The molecule has 0 saturated carbocycles. The Balaban J connectivity index is 2.15. The highest BCUT2D eigenvalue weighted by Crippen LogP contribution is 2.17. The van der Waals surface area contributed by atoms with Gasteiger partial charge in [-0.15, -0.1) is 10.2 Å². The molecule has 0 aliphatic heterocycles. The number of aliphatic carboxylic acids is 1. The molecule has 0 amide bonds. The number of aryl methyl sites for hydroxylation is 2. The molecule has 2 rings (SSSR count). The minimum absolute atomic E-state index is 0.0201. The summed E-state index contributed by atoms with van der Waals surface area (Å²) in [5.41, 5.74) is 1.73. The zero-order valence-corrected chi connectivity index (χ0v) is 9.25. The van der Waals surface area contributed by atoms with Crippen molar-refractivity contribution >= 4 is 5.97 Å². The lowest BCUT2D eigenvalue weighted by Crippen LogP contribution is -1.97. The molecule has 2 aromatic rings.